The molecule has 98 valence electrons. The van der Waals surface area contributed by atoms with Gasteiger partial charge in [-0.2, -0.15) is 5.10 Å². The Bertz CT molecular complexity index is 460. The van der Waals surface area contributed by atoms with Crippen LogP contribution in [-0.2, 0) is 0 Å². The van der Waals surface area contributed by atoms with Crippen LogP contribution in [-0.4, -0.2) is 34.6 Å². The lowest BCUT2D eigenvalue weighted by molar-refractivity contribution is 0.0740. The van der Waals surface area contributed by atoms with Crippen molar-refractivity contribution in [3.63, 3.8) is 0 Å². The zero-order chi connectivity index (χ0) is 12.7. The summed E-state index contributed by atoms with van der Waals surface area (Å²) in [6.45, 7) is 0.823. The van der Waals surface area contributed by atoms with Crippen molar-refractivity contribution in [3.05, 3.63) is 11.4 Å². The normalized spacial score (nSPS) is 19.6. The number of nitrogens with one attached hydrogen (secondary N) is 1. The Morgan fingerprint density at radius 1 is 1.44 bits per heavy atom. The van der Waals surface area contributed by atoms with Gasteiger partial charge in [0.2, 0.25) is 0 Å². The molecule has 18 heavy (non-hydrogen) atoms. The molecule has 2 saturated carbocycles. The van der Waals surface area contributed by atoms with Gasteiger partial charge in [-0.15, -0.1) is 0 Å². The van der Waals surface area contributed by atoms with Crippen molar-refractivity contribution in [1.82, 2.24) is 15.1 Å². The van der Waals surface area contributed by atoms with Crippen molar-refractivity contribution in [3.8, 4) is 0 Å². The molecular formula is C13H20N4O. The maximum absolute atomic E-state index is 12.3. The van der Waals surface area contributed by atoms with E-state index in [-0.39, 0.29) is 5.91 Å². The SMILES string of the molecule is CN(CC1CCC1)C(=O)c1n[nH]c(C2CC2)c1N. The first kappa shape index (κ1) is 11.6. The molecule has 5 heteroatoms. The van der Waals surface area contributed by atoms with Crippen molar-refractivity contribution in [1.29, 1.82) is 0 Å². The zero-order valence-electron chi connectivity index (χ0n) is 10.8. The molecule has 0 spiro atoms. The largest absolute Gasteiger partial charge is 0.395 e. The first-order valence-electron chi connectivity index (χ1n) is 6.76. The molecule has 0 atom stereocenters. The van der Waals surface area contributed by atoms with Crippen LogP contribution >= 0.6 is 0 Å². The van der Waals surface area contributed by atoms with Crippen molar-refractivity contribution < 1.29 is 4.79 Å². The number of hydrogen-bond acceptors (Lipinski definition) is 3. The minimum atomic E-state index is -0.0532. The second-order valence-electron chi connectivity index (χ2n) is 5.66. The number of nitrogens with two attached hydrogens (primary N) is 1. The summed E-state index contributed by atoms with van der Waals surface area (Å²) in [5, 5.41) is 7.04. The van der Waals surface area contributed by atoms with Gasteiger partial charge >= 0.3 is 0 Å². The van der Waals surface area contributed by atoms with E-state index in [0.29, 0.717) is 23.2 Å². The summed E-state index contributed by atoms with van der Waals surface area (Å²) >= 11 is 0. The maximum atomic E-state index is 12.3. The quantitative estimate of drug-likeness (QED) is 0.852. The van der Waals surface area contributed by atoms with E-state index in [9.17, 15) is 4.79 Å². The highest BCUT2D eigenvalue weighted by atomic mass is 16.2. The summed E-state index contributed by atoms with van der Waals surface area (Å²) in [6, 6.07) is 0. The molecule has 0 aromatic carbocycles. The number of anilines is 1. The van der Waals surface area contributed by atoms with E-state index >= 15 is 0 Å². The van der Waals surface area contributed by atoms with E-state index in [0.717, 1.165) is 25.1 Å². The number of H-pyrrole nitrogens is 1. The number of rotatable bonds is 4. The monoisotopic (exact) mass is 248 g/mol. The minimum Gasteiger partial charge on any atom is -0.395 e. The van der Waals surface area contributed by atoms with Crippen molar-refractivity contribution >= 4 is 11.6 Å². The fraction of sp³-hybridized carbons (Fsp3) is 0.692. The van der Waals surface area contributed by atoms with Crippen molar-refractivity contribution in [2.75, 3.05) is 19.3 Å². The topological polar surface area (TPSA) is 75.0 Å². The van der Waals surface area contributed by atoms with Gasteiger partial charge in [-0.3, -0.25) is 9.89 Å². The average molecular weight is 248 g/mol. The molecule has 1 heterocycles. The van der Waals surface area contributed by atoms with Gasteiger partial charge in [0, 0.05) is 19.5 Å². The number of amides is 1. The fourth-order valence-electron chi connectivity index (χ4n) is 2.54. The molecule has 5 nitrogen and oxygen atoms in total. The molecule has 1 aromatic heterocycles. The van der Waals surface area contributed by atoms with Crippen LogP contribution in [0.25, 0.3) is 0 Å². The summed E-state index contributed by atoms with van der Waals surface area (Å²) in [5.74, 6) is 1.11. The van der Waals surface area contributed by atoms with Gasteiger partial charge in [0.1, 0.15) is 0 Å². The minimum absolute atomic E-state index is 0.0532. The van der Waals surface area contributed by atoms with E-state index in [1.54, 1.807) is 4.90 Å². The number of carbonyl (C=O) groups excluding carboxylic acids is 1. The van der Waals surface area contributed by atoms with Gasteiger partial charge in [-0.25, -0.2) is 0 Å². The lowest BCUT2D eigenvalue weighted by atomic mass is 9.85. The van der Waals surface area contributed by atoms with Gasteiger partial charge in [0.15, 0.2) is 5.69 Å². The van der Waals surface area contributed by atoms with E-state index < -0.39 is 0 Å². The number of nitrogen functional groups attached to an aromatic ring is 1. The maximum Gasteiger partial charge on any atom is 0.276 e. The van der Waals surface area contributed by atoms with Crippen LogP contribution in [0.4, 0.5) is 5.69 Å². The average Bonchev–Trinajstić information content (AvgIpc) is 3.07. The Hall–Kier alpha value is -1.52. The summed E-state index contributed by atoms with van der Waals surface area (Å²) in [6.07, 6.45) is 6.07. The van der Waals surface area contributed by atoms with Crippen LogP contribution in [0.5, 0.6) is 0 Å². The number of carbonyl (C=O) groups is 1. The molecule has 3 N–H and O–H groups in total. The lowest BCUT2D eigenvalue weighted by Crippen LogP contribution is -2.34. The Morgan fingerprint density at radius 3 is 2.72 bits per heavy atom. The Balaban J connectivity index is 1.70. The predicted octanol–water partition coefficient (Wildman–Crippen LogP) is 1.74. The molecule has 0 radical (unpaired) electrons. The molecule has 0 saturated heterocycles. The predicted molar refractivity (Wildman–Crippen MR) is 69.3 cm³/mol. The molecular weight excluding hydrogens is 228 g/mol. The first-order chi connectivity index (χ1) is 8.66. The van der Waals surface area contributed by atoms with Crippen molar-refractivity contribution in [2.45, 2.75) is 38.0 Å². The van der Waals surface area contributed by atoms with E-state index in [1.807, 2.05) is 7.05 Å². The zero-order valence-corrected chi connectivity index (χ0v) is 10.8. The van der Waals surface area contributed by atoms with Crippen LogP contribution in [0.1, 0.15) is 54.2 Å². The molecule has 0 unspecified atom stereocenters. The fourth-order valence-corrected chi connectivity index (χ4v) is 2.54. The van der Waals surface area contributed by atoms with Crippen LogP contribution in [0, 0.1) is 5.92 Å². The summed E-state index contributed by atoms with van der Waals surface area (Å²) in [4.78, 5) is 14.0. The van der Waals surface area contributed by atoms with Gasteiger partial charge in [0.25, 0.3) is 5.91 Å². The third-order valence-corrected chi connectivity index (χ3v) is 4.13. The smallest absolute Gasteiger partial charge is 0.276 e. The second kappa shape index (κ2) is 4.30. The molecule has 1 amide bonds. The molecule has 2 fully saturated rings. The van der Waals surface area contributed by atoms with Gasteiger partial charge in [0.05, 0.1) is 11.4 Å². The van der Waals surface area contributed by atoms with Crippen LogP contribution in [0.3, 0.4) is 0 Å². The summed E-state index contributed by atoms with van der Waals surface area (Å²) < 4.78 is 0. The number of nitrogens with zero attached hydrogens (tertiary/aromatic N) is 2. The highest BCUT2D eigenvalue weighted by Gasteiger charge is 2.31. The summed E-state index contributed by atoms with van der Waals surface area (Å²) in [5.41, 5.74) is 7.93. The third kappa shape index (κ3) is 1.98. The highest BCUT2D eigenvalue weighted by molar-refractivity contribution is 5.97. The Morgan fingerprint density at radius 2 is 2.17 bits per heavy atom. The molecule has 2 aliphatic rings. The first-order valence-corrected chi connectivity index (χ1v) is 6.76. The lowest BCUT2D eigenvalue weighted by Gasteiger charge is -2.29. The van der Waals surface area contributed by atoms with Gasteiger partial charge in [-0.1, -0.05) is 6.42 Å². The molecule has 3 rings (SSSR count). The summed E-state index contributed by atoms with van der Waals surface area (Å²) in [7, 11) is 1.84. The van der Waals surface area contributed by atoms with Crippen LogP contribution < -0.4 is 5.73 Å². The number of hydrogen-bond donors (Lipinski definition) is 2. The molecule has 0 bridgehead atoms. The highest BCUT2D eigenvalue weighted by Crippen LogP contribution is 2.42. The second-order valence-corrected chi connectivity index (χ2v) is 5.66. The molecule has 2 aliphatic carbocycles. The van der Waals surface area contributed by atoms with Crippen LogP contribution in [0.15, 0.2) is 0 Å². The third-order valence-electron chi connectivity index (χ3n) is 4.13. The molecule has 0 aliphatic heterocycles. The Labute approximate surface area is 107 Å². The molecule has 1 aromatic rings. The van der Waals surface area contributed by atoms with E-state index in [1.165, 1.54) is 19.3 Å². The van der Waals surface area contributed by atoms with Gasteiger partial charge in [-0.05, 0) is 31.6 Å². The number of aromatic amines is 1. The number of aromatic nitrogens is 2. The standard InChI is InChI=1S/C13H20N4O/c1-17(7-8-3-2-4-8)13(18)12-10(14)11(15-16-12)9-5-6-9/h8-9H,2-7,14H2,1H3,(H,15,16). The van der Waals surface area contributed by atoms with Gasteiger partial charge < -0.3 is 10.6 Å². The van der Waals surface area contributed by atoms with E-state index in [2.05, 4.69) is 10.2 Å². The van der Waals surface area contributed by atoms with Crippen LogP contribution in [0.2, 0.25) is 0 Å². The van der Waals surface area contributed by atoms with E-state index in [4.69, 9.17) is 5.73 Å². The van der Waals surface area contributed by atoms with Crippen molar-refractivity contribution in [2.24, 2.45) is 5.92 Å². The Kier molecular flexibility index (Phi) is 2.76.